The van der Waals surface area contributed by atoms with E-state index in [0.717, 1.165) is 8.95 Å². The first-order chi connectivity index (χ1) is 8.49. The van der Waals surface area contributed by atoms with Crippen molar-refractivity contribution in [3.05, 3.63) is 66.6 Å². The summed E-state index contributed by atoms with van der Waals surface area (Å²) in [5.41, 5.74) is 0.300. The molecule has 0 amide bonds. The third-order valence-corrected chi connectivity index (χ3v) is 3.62. The fourth-order valence-corrected chi connectivity index (χ4v) is 2.07. The van der Waals surface area contributed by atoms with Crippen LogP contribution < -0.4 is 0 Å². The Kier molecular flexibility index (Phi) is 6.88. The molecular formula is C13H9Br2IO2. The van der Waals surface area contributed by atoms with E-state index in [-0.39, 0.29) is 0 Å². The normalized spacial score (nSPS) is 9.28. The van der Waals surface area contributed by atoms with Crippen molar-refractivity contribution in [1.82, 2.24) is 0 Å². The van der Waals surface area contributed by atoms with E-state index in [9.17, 15) is 4.79 Å². The van der Waals surface area contributed by atoms with E-state index in [2.05, 4.69) is 66.6 Å². The number of carboxylic acids is 1. The average molecular weight is 484 g/mol. The molecule has 2 nitrogen and oxygen atoms in total. The Morgan fingerprint density at radius 1 is 1.00 bits per heavy atom. The molecule has 0 unspecified atom stereocenters. The number of aromatic carboxylic acids is 1. The van der Waals surface area contributed by atoms with Gasteiger partial charge in [0.2, 0.25) is 0 Å². The molecule has 18 heavy (non-hydrogen) atoms. The Bertz CT molecular complexity index is 506. The summed E-state index contributed by atoms with van der Waals surface area (Å²) in [6, 6.07) is 14.8. The fraction of sp³-hybridized carbons (Fsp3) is 0. The van der Waals surface area contributed by atoms with Crippen LogP contribution >= 0.6 is 54.5 Å². The van der Waals surface area contributed by atoms with Crippen LogP contribution in [0.4, 0.5) is 0 Å². The number of carboxylic acid groups (broad SMARTS) is 1. The monoisotopic (exact) mass is 482 g/mol. The van der Waals surface area contributed by atoms with Crippen LogP contribution in [-0.4, -0.2) is 11.1 Å². The van der Waals surface area contributed by atoms with Crippen LogP contribution in [0.2, 0.25) is 0 Å². The van der Waals surface area contributed by atoms with E-state index in [1.807, 2.05) is 12.1 Å². The van der Waals surface area contributed by atoms with Gasteiger partial charge in [-0.05, 0) is 65.1 Å². The standard InChI is InChI=1S/C7H5BrO2.C6H4BrI/c8-6-3-1-2-5(4-6)7(9)10;7-5-1-3-6(8)4-2-5/h1-4H,(H,9,10);1-4H. The summed E-state index contributed by atoms with van der Waals surface area (Å²) in [5.74, 6) is -0.902. The van der Waals surface area contributed by atoms with Crippen LogP contribution in [0.5, 0.6) is 0 Å². The highest BCUT2D eigenvalue weighted by atomic mass is 127. The Balaban J connectivity index is 0.000000184. The predicted octanol–water partition coefficient (Wildman–Crippen LogP) is 5.20. The van der Waals surface area contributed by atoms with Crippen LogP contribution in [0.1, 0.15) is 10.4 Å². The zero-order valence-corrected chi connectivity index (χ0v) is 14.4. The van der Waals surface area contributed by atoms with Gasteiger partial charge in [0, 0.05) is 12.5 Å². The second-order valence-corrected chi connectivity index (χ2v) is 6.33. The molecule has 0 radical (unpaired) electrons. The maximum Gasteiger partial charge on any atom is 0.335 e. The van der Waals surface area contributed by atoms with Crippen molar-refractivity contribution >= 4 is 60.4 Å². The number of carbonyl (C=O) groups is 1. The fourth-order valence-electron chi connectivity index (χ4n) is 1.05. The van der Waals surface area contributed by atoms with Gasteiger partial charge in [-0.15, -0.1) is 0 Å². The van der Waals surface area contributed by atoms with Crippen molar-refractivity contribution in [1.29, 1.82) is 0 Å². The maximum absolute atomic E-state index is 10.3. The molecule has 0 atom stereocenters. The molecule has 1 N–H and O–H groups in total. The van der Waals surface area contributed by atoms with Crippen molar-refractivity contribution in [2.45, 2.75) is 0 Å². The van der Waals surface area contributed by atoms with Crippen molar-refractivity contribution in [3.63, 3.8) is 0 Å². The van der Waals surface area contributed by atoms with Crippen LogP contribution in [0.25, 0.3) is 0 Å². The van der Waals surface area contributed by atoms with Crippen molar-refractivity contribution in [3.8, 4) is 0 Å². The van der Waals surface area contributed by atoms with E-state index in [0.29, 0.717) is 5.56 Å². The van der Waals surface area contributed by atoms with Gasteiger partial charge in [-0.1, -0.05) is 37.9 Å². The molecule has 0 saturated heterocycles. The summed E-state index contributed by atoms with van der Waals surface area (Å²) in [6.45, 7) is 0. The molecule has 0 aromatic heterocycles. The zero-order valence-electron chi connectivity index (χ0n) is 9.11. The highest BCUT2D eigenvalue weighted by Gasteiger charge is 2.00. The summed E-state index contributed by atoms with van der Waals surface area (Å²) in [7, 11) is 0. The highest BCUT2D eigenvalue weighted by molar-refractivity contribution is 14.1. The Hall–Kier alpha value is -0.400. The molecule has 94 valence electrons. The molecule has 0 aliphatic carbocycles. The van der Waals surface area contributed by atoms with Gasteiger partial charge in [-0.25, -0.2) is 4.79 Å². The first-order valence-corrected chi connectivity index (χ1v) is 7.55. The molecule has 0 spiro atoms. The second-order valence-electron chi connectivity index (χ2n) is 3.25. The minimum atomic E-state index is -0.902. The number of rotatable bonds is 1. The third kappa shape index (κ3) is 5.97. The molecule has 0 heterocycles. The minimum Gasteiger partial charge on any atom is -0.478 e. The molecule has 2 rings (SSSR count). The van der Waals surface area contributed by atoms with E-state index >= 15 is 0 Å². The van der Waals surface area contributed by atoms with Crippen LogP contribution in [0.3, 0.4) is 0 Å². The minimum absolute atomic E-state index is 0.300. The molecular weight excluding hydrogens is 475 g/mol. The highest BCUT2D eigenvalue weighted by Crippen LogP contribution is 2.11. The number of halogens is 3. The van der Waals surface area contributed by atoms with E-state index in [1.54, 1.807) is 24.3 Å². The number of benzene rings is 2. The third-order valence-electron chi connectivity index (χ3n) is 1.88. The lowest BCUT2D eigenvalue weighted by molar-refractivity contribution is 0.0697. The van der Waals surface area contributed by atoms with Gasteiger partial charge < -0.3 is 5.11 Å². The van der Waals surface area contributed by atoms with Crippen LogP contribution in [0.15, 0.2) is 57.5 Å². The summed E-state index contributed by atoms with van der Waals surface area (Å²) in [5, 5.41) is 8.49. The first-order valence-electron chi connectivity index (χ1n) is 4.89. The first kappa shape index (κ1) is 15.7. The lowest BCUT2D eigenvalue weighted by Crippen LogP contribution is -1.94. The largest absolute Gasteiger partial charge is 0.478 e. The molecule has 2 aromatic rings. The topological polar surface area (TPSA) is 37.3 Å². The summed E-state index contributed by atoms with van der Waals surface area (Å²) >= 11 is 8.78. The average Bonchev–Trinajstić information content (AvgIpc) is 2.34. The molecule has 0 bridgehead atoms. The smallest absolute Gasteiger partial charge is 0.335 e. The lowest BCUT2D eigenvalue weighted by atomic mass is 10.2. The molecule has 5 heteroatoms. The Labute approximate surface area is 136 Å². The lowest BCUT2D eigenvalue weighted by Gasteiger charge is -1.92. The molecule has 0 fully saturated rings. The molecule has 0 aliphatic heterocycles. The Morgan fingerprint density at radius 2 is 1.61 bits per heavy atom. The summed E-state index contributed by atoms with van der Waals surface area (Å²) in [6.07, 6.45) is 0. The molecule has 0 aliphatic rings. The number of hydrogen-bond donors (Lipinski definition) is 1. The van der Waals surface area contributed by atoms with E-state index in [1.165, 1.54) is 3.57 Å². The van der Waals surface area contributed by atoms with Gasteiger partial charge in [0.15, 0.2) is 0 Å². The summed E-state index contributed by atoms with van der Waals surface area (Å²) < 4.78 is 3.19. The van der Waals surface area contributed by atoms with Gasteiger partial charge in [0.25, 0.3) is 0 Å². The predicted molar refractivity (Wildman–Crippen MR) is 88.0 cm³/mol. The quantitative estimate of drug-likeness (QED) is 0.566. The zero-order chi connectivity index (χ0) is 13.5. The summed E-state index contributed by atoms with van der Waals surface area (Å²) in [4.78, 5) is 10.3. The molecule has 2 aromatic carbocycles. The molecule has 0 saturated carbocycles. The SMILES string of the molecule is Brc1ccc(I)cc1.O=C(O)c1cccc(Br)c1. The van der Waals surface area contributed by atoms with E-state index in [4.69, 9.17) is 5.11 Å². The van der Waals surface area contributed by atoms with Gasteiger partial charge in [0.05, 0.1) is 5.56 Å². The second kappa shape index (κ2) is 7.91. The van der Waals surface area contributed by atoms with E-state index < -0.39 is 5.97 Å². The van der Waals surface area contributed by atoms with Gasteiger partial charge in [0.1, 0.15) is 0 Å². The van der Waals surface area contributed by atoms with Gasteiger partial charge in [-0.3, -0.25) is 0 Å². The van der Waals surface area contributed by atoms with Crippen molar-refractivity contribution in [2.24, 2.45) is 0 Å². The van der Waals surface area contributed by atoms with Crippen molar-refractivity contribution < 1.29 is 9.90 Å². The number of hydrogen-bond acceptors (Lipinski definition) is 1. The van der Waals surface area contributed by atoms with Crippen molar-refractivity contribution in [2.75, 3.05) is 0 Å². The maximum atomic E-state index is 10.3. The Morgan fingerprint density at radius 3 is 2.00 bits per heavy atom. The van der Waals surface area contributed by atoms with Crippen LogP contribution in [0, 0.1) is 3.57 Å². The van der Waals surface area contributed by atoms with Crippen LogP contribution in [-0.2, 0) is 0 Å². The van der Waals surface area contributed by atoms with Gasteiger partial charge in [-0.2, -0.15) is 0 Å². The van der Waals surface area contributed by atoms with Gasteiger partial charge >= 0.3 is 5.97 Å².